The summed E-state index contributed by atoms with van der Waals surface area (Å²) in [6, 6.07) is 7.62. The highest BCUT2D eigenvalue weighted by Gasteiger charge is 2.28. The van der Waals surface area contributed by atoms with Crippen molar-refractivity contribution in [2.75, 3.05) is 32.8 Å². The molecule has 0 bridgehead atoms. The summed E-state index contributed by atoms with van der Waals surface area (Å²) < 4.78 is 10.7. The van der Waals surface area contributed by atoms with Crippen LogP contribution in [0.15, 0.2) is 24.3 Å². The second kappa shape index (κ2) is 7.85. The average Bonchev–Trinajstić information content (AvgIpc) is 2.56. The molecular formula is C17H24N2O4. The van der Waals surface area contributed by atoms with Crippen molar-refractivity contribution >= 4 is 12.0 Å². The molecule has 2 rings (SSSR count). The van der Waals surface area contributed by atoms with E-state index in [4.69, 9.17) is 9.47 Å². The van der Waals surface area contributed by atoms with Crippen LogP contribution in [-0.4, -0.2) is 60.7 Å². The fourth-order valence-electron chi connectivity index (χ4n) is 2.45. The van der Waals surface area contributed by atoms with Crippen molar-refractivity contribution < 1.29 is 19.1 Å². The monoisotopic (exact) mass is 320 g/mol. The minimum absolute atomic E-state index is 0.0610. The Morgan fingerprint density at radius 2 is 1.65 bits per heavy atom. The zero-order valence-electron chi connectivity index (χ0n) is 13.9. The zero-order valence-corrected chi connectivity index (χ0v) is 13.9. The summed E-state index contributed by atoms with van der Waals surface area (Å²) in [4.78, 5) is 27.4. The van der Waals surface area contributed by atoms with E-state index in [9.17, 15) is 9.59 Å². The first-order valence-electron chi connectivity index (χ1n) is 7.95. The number of hydrogen-bond acceptors (Lipinski definition) is 4. The van der Waals surface area contributed by atoms with Crippen molar-refractivity contribution in [3.05, 3.63) is 29.8 Å². The van der Waals surface area contributed by atoms with Crippen LogP contribution in [0, 0.1) is 6.92 Å². The van der Waals surface area contributed by atoms with Crippen LogP contribution in [0.1, 0.15) is 19.4 Å². The van der Waals surface area contributed by atoms with Gasteiger partial charge in [0.1, 0.15) is 5.75 Å². The number of benzene rings is 1. The van der Waals surface area contributed by atoms with Crippen molar-refractivity contribution in [1.82, 2.24) is 9.80 Å². The number of aryl methyl sites for hydroxylation is 1. The van der Waals surface area contributed by atoms with E-state index in [1.807, 2.05) is 31.2 Å². The number of carbonyl (C=O) groups is 2. The zero-order chi connectivity index (χ0) is 16.8. The van der Waals surface area contributed by atoms with E-state index < -0.39 is 6.10 Å². The summed E-state index contributed by atoms with van der Waals surface area (Å²) >= 11 is 0. The number of hydrogen-bond donors (Lipinski definition) is 0. The Hall–Kier alpha value is -2.24. The molecule has 1 atom stereocenters. The first kappa shape index (κ1) is 17.1. The van der Waals surface area contributed by atoms with E-state index >= 15 is 0 Å². The molecule has 1 aromatic rings. The van der Waals surface area contributed by atoms with Crippen LogP contribution in [0.5, 0.6) is 5.75 Å². The third-order valence-electron chi connectivity index (χ3n) is 3.80. The highest BCUT2D eigenvalue weighted by molar-refractivity contribution is 5.81. The first-order valence-corrected chi connectivity index (χ1v) is 7.95. The second-order valence-electron chi connectivity index (χ2n) is 5.58. The van der Waals surface area contributed by atoms with Crippen LogP contribution in [-0.2, 0) is 9.53 Å². The summed E-state index contributed by atoms with van der Waals surface area (Å²) in [6.45, 7) is 7.87. The summed E-state index contributed by atoms with van der Waals surface area (Å²) in [5.74, 6) is 0.621. The van der Waals surface area contributed by atoms with Crippen LogP contribution in [0.2, 0.25) is 0 Å². The lowest BCUT2D eigenvalue weighted by Crippen LogP contribution is -2.53. The minimum atomic E-state index is -0.549. The van der Waals surface area contributed by atoms with Gasteiger partial charge in [0.05, 0.1) is 6.61 Å². The quantitative estimate of drug-likeness (QED) is 0.852. The smallest absolute Gasteiger partial charge is 0.409 e. The van der Waals surface area contributed by atoms with Gasteiger partial charge in [0, 0.05) is 26.2 Å². The van der Waals surface area contributed by atoms with Gasteiger partial charge in [0.15, 0.2) is 6.10 Å². The van der Waals surface area contributed by atoms with Gasteiger partial charge in [-0.3, -0.25) is 4.79 Å². The summed E-state index contributed by atoms with van der Waals surface area (Å²) in [6.07, 6.45) is -0.865. The molecule has 0 spiro atoms. The van der Waals surface area contributed by atoms with E-state index in [0.29, 0.717) is 38.5 Å². The predicted octanol–water partition coefficient (Wildman–Crippen LogP) is 2.06. The van der Waals surface area contributed by atoms with Crippen molar-refractivity contribution in [2.24, 2.45) is 0 Å². The fourth-order valence-corrected chi connectivity index (χ4v) is 2.45. The molecule has 0 saturated carbocycles. The van der Waals surface area contributed by atoms with Crippen LogP contribution in [0.4, 0.5) is 4.79 Å². The molecule has 6 nitrogen and oxygen atoms in total. The number of ether oxygens (including phenoxy) is 2. The molecule has 0 N–H and O–H groups in total. The molecule has 2 amide bonds. The SMILES string of the molecule is CCOC(=O)N1CCN(C(=O)[C@H](C)Oc2ccc(C)cc2)CC1. The molecule has 1 heterocycles. The Labute approximate surface area is 137 Å². The van der Waals surface area contributed by atoms with E-state index in [2.05, 4.69) is 0 Å². The molecule has 126 valence electrons. The Balaban J connectivity index is 1.84. The third kappa shape index (κ3) is 4.61. The topological polar surface area (TPSA) is 59.1 Å². The van der Waals surface area contributed by atoms with Gasteiger partial charge in [-0.15, -0.1) is 0 Å². The highest BCUT2D eigenvalue weighted by atomic mass is 16.6. The summed E-state index contributed by atoms with van der Waals surface area (Å²) in [5.41, 5.74) is 1.14. The number of amides is 2. The number of piperazine rings is 1. The van der Waals surface area contributed by atoms with Gasteiger partial charge in [-0.1, -0.05) is 17.7 Å². The van der Waals surface area contributed by atoms with Crippen LogP contribution >= 0.6 is 0 Å². The third-order valence-corrected chi connectivity index (χ3v) is 3.80. The predicted molar refractivity (Wildman–Crippen MR) is 86.4 cm³/mol. The Kier molecular flexibility index (Phi) is 5.84. The van der Waals surface area contributed by atoms with Crippen LogP contribution < -0.4 is 4.74 Å². The maximum Gasteiger partial charge on any atom is 0.409 e. The van der Waals surface area contributed by atoms with Crippen LogP contribution in [0.3, 0.4) is 0 Å². The van der Waals surface area contributed by atoms with Crippen molar-refractivity contribution in [3.63, 3.8) is 0 Å². The van der Waals surface area contributed by atoms with Crippen molar-refractivity contribution in [3.8, 4) is 5.75 Å². The molecule has 0 unspecified atom stereocenters. The van der Waals surface area contributed by atoms with Gasteiger partial charge in [-0.2, -0.15) is 0 Å². The van der Waals surface area contributed by atoms with E-state index in [1.165, 1.54) is 0 Å². The molecule has 0 aromatic heterocycles. The fraction of sp³-hybridized carbons (Fsp3) is 0.529. The molecule has 1 aromatic carbocycles. The molecule has 1 fully saturated rings. The number of rotatable bonds is 4. The van der Waals surface area contributed by atoms with E-state index in [1.54, 1.807) is 23.6 Å². The maximum absolute atomic E-state index is 12.4. The van der Waals surface area contributed by atoms with Gasteiger partial charge in [0.25, 0.3) is 5.91 Å². The Morgan fingerprint density at radius 3 is 2.22 bits per heavy atom. The minimum Gasteiger partial charge on any atom is -0.481 e. The van der Waals surface area contributed by atoms with Gasteiger partial charge in [-0.05, 0) is 32.9 Å². The Morgan fingerprint density at radius 1 is 1.09 bits per heavy atom. The molecule has 23 heavy (non-hydrogen) atoms. The van der Waals surface area contributed by atoms with E-state index in [0.717, 1.165) is 5.56 Å². The Bertz CT molecular complexity index is 536. The number of nitrogens with zero attached hydrogens (tertiary/aromatic N) is 2. The molecular weight excluding hydrogens is 296 g/mol. The van der Waals surface area contributed by atoms with Gasteiger partial charge in [-0.25, -0.2) is 4.79 Å². The average molecular weight is 320 g/mol. The highest BCUT2D eigenvalue weighted by Crippen LogP contribution is 2.15. The lowest BCUT2D eigenvalue weighted by atomic mass is 10.2. The number of carbonyl (C=O) groups excluding carboxylic acids is 2. The lowest BCUT2D eigenvalue weighted by Gasteiger charge is -2.35. The van der Waals surface area contributed by atoms with Gasteiger partial charge < -0.3 is 19.3 Å². The first-order chi connectivity index (χ1) is 11.0. The molecule has 0 radical (unpaired) electrons. The molecule has 6 heteroatoms. The lowest BCUT2D eigenvalue weighted by molar-refractivity contribution is -0.139. The van der Waals surface area contributed by atoms with E-state index in [-0.39, 0.29) is 12.0 Å². The van der Waals surface area contributed by atoms with Crippen LogP contribution in [0.25, 0.3) is 0 Å². The molecule has 1 aliphatic rings. The second-order valence-corrected chi connectivity index (χ2v) is 5.58. The standard InChI is InChI=1S/C17H24N2O4/c1-4-22-17(21)19-11-9-18(10-12-19)16(20)14(3)23-15-7-5-13(2)6-8-15/h5-8,14H,4,9-12H2,1-3H3/t14-/m0/s1. The largest absolute Gasteiger partial charge is 0.481 e. The van der Waals surface area contributed by atoms with Gasteiger partial charge >= 0.3 is 6.09 Å². The summed E-state index contributed by atoms with van der Waals surface area (Å²) in [7, 11) is 0. The van der Waals surface area contributed by atoms with Crippen molar-refractivity contribution in [2.45, 2.75) is 26.9 Å². The molecule has 1 aliphatic heterocycles. The van der Waals surface area contributed by atoms with Gasteiger partial charge in [0.2, 0.25) is 0 Å². The van der Waals surface area contributed by atoms with Crippen molar-refractivity contribution in [1.29, 1.82) is 0 Å². The maximum atomic E-state index is 12.4. The summed E-state index contributed by atoms with van der Waals surface area (Å²) in [5, 5.41) is 0. The molecule has 1 saturated heterocycles. The molecule has 0 aliphatic carbocycles. The normalized spacial score (nSPS) is 16.0.